The topological polar surface area (TPSA) is 66.3 Å². The van der Waals surface area contributed by atoms with Crippen LogP contribution in [0.3, 0.4) is 0 Å². The number of anilines is 2. The van der Waals surface area contributed by atoms with Crippen molar-refractivity contribution >= 4 is 39.1 Å². The zero-order valence-electron chi connectivity index (χ0n) is 13.9. The molecule has 5 rings (SSSR count). The zero-order valence-corrected chi connectivity index (χ0v) is 13.9. The van der Waals surface area contributed by atoms with Gasteiger partial charge in [0.15, 0.2) is 0 Å². The van der Waals surface area contributed by atoms with E-state index >= 15 is 0 Å². The second-order valence-electron chi connectivity index (χ2n) is 6.42. The van der Waals surface area contributed by atoms with E-state index in [-0.39, 0.29) is 5.56 Å². The standard InChI is InChI=1S/C21H15N3O2/c25-21(26)14-5-6-15-17-12-22-9-7-16(17)20(23-18(15)11-14)24-10-8-13-3-1-2-4-19(13)24/h1-7,9,11-12H,8,10H2,(H,25,26). The summed E-state index contributed by atoms with van der Waals surface area (Å²) in [4.78, 5) is 22.7. The molecule has 0 atom stereocenters. The van der Waals surface area contributed by atoms with Gasteiger partial charge >= 0.3 is 5.97 Å². The Bertz CT molecular complexity index is 1190. The SMILES string of the molecule is O=C(O)c1ccc2c(c1)nc(N1CCc3ccccc31)c1ccncc12. The van der Waals surface area contributed by atoms with Gasteiger partial charge in [-0.3, -0.25) is 4.98 Å². The average Bonchev–Trinajstić information content (AvgIpc) is 3.11. The average molecular weight is 341 g/mol. The number of pyridine rings is 2. The number of benzene rings is 2. The van der Waals surface area contributed by atoms with E-state index in [9.17, 15) is 9.90 Å². The molecule has 0 spiro atoms. The van der Waals surface area contributed by atoms with E-state index in [0.717, 1.165) is 40.6 Å². The summed E-state index contributed by atoms with van der Waals surface area (Å²) in [7, 11) is 0. The molecule has 2 aromatic carbocycles. The van der Waals surface area contributed by atoms with Crippen LogP contribution in [0.5, 0.6) is 0 Å². The summed E-state index contributed by atoms with van der Waals surface area (Å²) in [6.45, 7) is 0.855. The lowest BCUT2D eigenvalue weighted by Crippen LogP contribution is -2.15. The smallest absolute Gasteiger partial charge is 0.335 e. The number of aromatic nitrogens is 2. The van der Waals surface area contributed by atoms with E-state index < -0.39 is 5.97 Å². The van der Waals surface area contributed by atoms with Gasteiger partial charge < -0.3 is 10.0 Å². The third kappa shape index (κ3) is 2.14. The van der Waals surface area contributed by atoms with Gasteiger partial charge in [-0.05, 0) is 36.2 Å². The lowest BCUT2D eigenvalue weighted by atomic mass is 10.1. The van der Waals surface area contributed by atoms with Crippen LogP contribution >= 0.6 is 0 Å². The van der Waals surface area contributed by atoms with Crippen LogP contribution in [-0.2, 0) is 6.42 Å². The molecule has 0 saturated heterocycles. The fourth-order valence-corrected chi connectivity index (χ4v) is 3.73. The van der Waals surface area contributed by atoms with Crippen molar-refractivity contribution in [3.8, 4) is 0 Å². The molecular formula is C21H15N3O2. The molecule has 0 fully saturated rings. The van der Waals surface area contributed by atoms with Crippen molar-refractivity contribution < 1.29 is 9.90 Å². The Morgan fingerprint density at radius 1 is 1.04 bits per heavy atom. The van der Waals surface area contributed by atoms with Crippen molar-refractivity contribution in [2.75, 3.05) is 11.4 Å². The molecule has 1 aliphatic heterocycles. The number of nitrogens with zero attached hydrogens (tertiary/aromatic N) is 3. The zero-order chi connectivity index (χ0) is 17.7. The van der Waals surface area contributed by atoms with E-state index in [0.29, 0.717) is 5.52 Å². The largest absolute Gasteiger partial charge is 0.478 e. The van der Waals surface area contributed by atoms with Gasteiger partial charge in [0.2, 0.25) is 0 Å². The first kappa shape index (κ1) is 14.8. The lowest BCUT2D eigenvalue weighted by Gasteiger charge is -2.21. The van der Waals surface area contributed by atoms with Gasteiger partial charge in [0.25, 0.3) is 0 Å². The van der Waals surface area contributed by atoms with Gasteiger partial charge in [0.1, 0.15) is 5.82 Å². The van der Waals surface area contributed by atoms with Gasteiger partial charge in [-0.2, -0.15) is 0 Å². The molecule has 0 saturated carbocycles. The Morgan fingerprint density at radius 2 is 1.92 bits per heavy atom. The number of hydrogen-bond acceptors (Lipinski definition) is 4. The van der Waals surface area contributed by atoms with Gasteiger partial charge in [0, 0.05) is 40.8 Å². The van der Waals surface area contributed by atoms with Crippen molar-refractivity contribution in [2.24, 2.45) is 0 Å². The molecule has 0 unspecified atom stereocenters. The summed E-state index contributed by atoms with van der Waals surface area (Å²) in [5.41, 5.74) is 3.37. The highest BCUT2D eigenvalue weighted by Crippen LogP contribution is 2.38. The molecule has 126 valence electrons. The van der Waals surface area contributed by atoms with Crippen molar-refractivity contribution in [3.63, 3.8) is 0 Å². The summed E-state index contributed by atoms with van der Waals surface area (Å²) in [6, 6.07) is 15.4. The number of aromatic carboxylic acids is 1. The first-order valence-electron chi connectivity index (χ1n) is 8.48. The molecule has 1 aliphatic rings. The number of hydrogen-bond donors (Lipinski definition) is 1. The van der Waals surface area contributed by atoms with Crippen molar-refractivity contribution in [1.29, 1.82) is 0 Å². The highest BCUT2D eigenvalue weighted by molar-refractivity contribution is 6.11. The van der Waals surface area contributed by atoms with Gasteiger partial charge in [0.05, 0.1) is 11.1 Å². The molecule has 2 aromatic heterocycles. The fraction of sp³-hybridized carbons (Fsp3) is 0.0952. The van der Waals surface area contributed by atoms with E-state index in [4.69, 9.17) is 4.98 Å². The fourth-order valence-electron chi connectivity index (χ4n) is 3.73. The van der Waals surface area contributed by atoms with Crippen molar-refractivity contribution in [1.82, 2.24) is 9.97 Å². The third-order valence-corrected chi connectivity index (χ3v) is 4.97. The van der Waals surface area contributed by atoms with Crippen LogP contribution in [0.1, 0.15) is 15.9 Å². The van der Waals surface area contributed by atoms with E-state index in [1.807, 2.05) is 24.4 Å². The van der Waals surface area contributed by atoms with Gasteiger partial charge in [-0.25, -0.2) is 9.78 Å². The summed E-state index contributed by atoms with van der Waals surface area (Å²) < 4.78 is 0. The number of rotatable bonds is 2. The highest BCUT2D eigenvalue weighted by atomic mass is 16.4. The summed E-state index contributed by atoms with van der Waals surface area (Å²) in [6.07, 6.45) is 4.57. The van der Waals surface area contributed by atoms with Crippen LogP contribution in [0.25, 0.3) is 21.7 Å². The molecule has 5 nitrogen and oxygen atoms in total. The first-order chi connectivity index (χ1) is 12.7. The third-order valence-electron chi connectivity index (χ3n) is 4.97. The minimum Gasteiger partial charge on any atom is -0.478 e. The van der Waals surface area contributed by atoms with Gasteiger partial charge in [-0.15, -0.1) is 0 Å². The summed E-state index contributed by atoms with van der Waals surface area (Å²) in [5.74, 6) is -0.101. The van der Waals surface area contributed by atoms with Crippen LogP contribution in [-0.4, -0.2) is 27.6 Å². The number of fused-ring (bicyclic) bond motifs is 4. The summed E-state index contributed by atoms with van der Waals surface area (Å²) in [5, 5.41) is 12.2. The second kappa shape index (κ2) is 5.52. The Morgan fingerprint density at radius 3 is 2.81 bits per heavy atom. The molecule has 0 amide bonds. The maximum Gasteiger partial charge on any atom is 0.335 e. The monoisotopic (exact) mass is 341 g/mol. The van der Waals surface area contributed by atoms with Crippen molar-refractivity contribution in [3.05, 3.63) is 72.1 Å². The molecule has 0 radical (unpaired) electrons. The molecule has 5 heteroatoms. The molecule has 0 aliphatic carbocycles. The Hall–Kier alpha value is -3.47. The minimum absolute atomic E-state index is 0.237. The highest BCUT2D eigenvalue weighted by Gasteiger charge is 2.23. The predicted molar refractivity (Wildman–Crippen MR) is 101 cm³/mol. The first-order valence-corrected chi connectivity index (χ1v) is 8.48. The minimum atomic E-state index is -0.951. The number of carboxylic acid groups (broad SMARTS) is 1. The molecule has 0 bridgehead atoms. The van der Waals surface area contributed by atoms with Crippen LogP contribution < -0.4 is 4.90 Å². The van der Waals surface area contributed by atoms with E-state index in [1.54, 1.807) is 18.3 Å². The van der Waals surface area contributed by atoms with Crippen molar-refractivity contribution in [2.45, 2.75) is 6.42 Å². The van der Waals surface area contributed by atoms with Crippen LogP contribution in [0.15, 0.2) is 60.9 Å². The molecule has 4 aromatic rings. The number of para-hydroxylation sites is 1. The quantitative estimate of drug-likeness (QED) is 0.554. The Balaban J connectivity index is 1.82. The Kier molecular flexibility index (Phi) is 3.15. The van der Waals surface area contributed by atoms with Crippen LogP contribution in [0.2, 0.25) is 0 Å². The van der Waals surface area contributed by atoms with Crippen LogP contribution in [0.4, 0.5) is 11.5 Å². The molecule has 3 heterocycles. The van der Waals surface area contributed by atoms with Gasteiger partial charge in [-0.1, -0.05) is 24.3 Å². The maximum absolute atomic E-state index is 11.4. The number of carboxylic acids is 1. The predicted octanol–water partition coefficient (Wildman–Crippen LogP) is 4.18. The number of carbonyl (C=O) groups is 1. The lowest BCUT2D eigenvalue weighted by molar-refractivity contribution is 0.0697. The molecule has 26 heavy (non-hydrogen) atoms. The molecular weight excluding hydrogens is 326 g/mol. The van der Waals surface area contributed by atoms with Crippen LogP contribution in [0, 0.1) is 0 Å². The second-order valence-corrected chi connectivity index (χ2v) is 6.42. The summed E-state index contributed by atoms with van der Waals surface area (Å²) >= 11 is 0. The maximum atomic E-state index is 11.4. The normalized spacial score (nSPS) is 13.3. The Labute approximate surface area is 149 Å². The van der Waals surface area contributed by atoms with E-state index in [2.05, 4.69) is 28.1 Å². The van der Waals surface area contributed by atoms with E-state index in [1.165, 1.54) is 5.56 Å². The molecule has 1 N–H and O–H groups in total.